The lowest BCUT2D eigenvalue weighted by atomic mass is 10.2. The number of amides is 2. The summed E-state index contributed by atoms with van der Waals surface area (Å²) in [7, 11) is 0. The van der Waals surface area contributed by atoms with E-state index >= 15 is 0 Å². The zero-order valence-corrected chi connectivity index (χ0v) is 16.2. The molecule has 2 aromatic carbocycles. The maximum absolute atomic E-state index is 12.6. The number of carbonyl (C=O) groups excluding carboxylic acids is 2. The number of hydrogen-bond donors (Lipinski definition) is 1. The lowest BCUT2D eigenvalue weighted by molar-refractivity contribution is -0.138. The van der Waals surface area contributed by atoms with Gasteiger partial charge in [-0.25, -0.2) is 0 Å². The molecule has 1 aliphatic rings. The van der Waals surface area contributed by atoms with Crippen molar-refractivity contribution in [2.45, 2.75) is 6.54 Å². The summed E-state index contributed by atoms with van der Waals surface area (Å²) < 4.78 is 1.78. The Morgan fingerprint density at radius 3 is 2.33 bits per heavy atom. The van der Waals surface area contributed by atoms with Gasteiger partial charge in [0.05, 0.1) is 6.54 Å². The van der Waals surface area contributed by atoms with Gasteiger partial charge in [-0.15, -0.1) is 0 Å². The maximum Gasteiger partial charge on any atom is 0.279 e. The molecular formula is C17H11Br2ClN2O2. The van der Waals surface area contributed by atoms with Gasteiger partial charge in [-0.3, -0.25) is 14.5 Å². The first-order valence-electron chi connectivity index (χ1n) is 6.98. The van der Waals surface area contributed by atoms with Crippen molar-refractivity contribution in [3.05, 3.63) is 73.8 Å². The number of carbonyl (C=O) groups is 2. The Bertz CT molecular complexity index is 850. The molecule has 0 bridgehead atoms. The molecule has 4 nitrogen and oxygen atoms in total. The number of nitrogens with one attached hydrogen (secondary N) is 1. The fourth-order valence-corrected chi connectivity index (χ4v) is 3.18. The monoisotopic (exact) mass is 468 g/mol. The van der Waals surface area contributed by atoms with Gasteiger partial charge >= 0.3 is 0 Å². The number of hydrogen-bond acceptors (Lipinski definition) is 3. The third kappa shape index (κ3) is 3.55. The van der Waals surface area contributed by atoms with Crippen LogP contribution in [-0.2, 0) is 16.1 Å². The summed E-state index contributed by atoms with van der Waals surface area (Å²) in [6, 6.07) is 14.7. The molecule has 0 spiro atoms. The van der Waals surface area contributed by atoms with E-state index in [0.29, 0.717) is 5.69 Å². The SMILES string of the molecule is O=C1C(Cl)=C(Nc2cccc(Br)c2)C(=O)N1Cc1ccc(Br)cc1. The minimum atomic E-state index is -0.498. The minimum Gasteiger partial charge on any atom is -0.350 e. The van der Waals surface area contributed by atoms with Crippen molar-refractivity contribution in [1.82, 2.24) is 4.90 Å². The molecule has 24 heavy (non-hydrogen) atoms. The second-order valence-electron chi connectivity index (χ2n) is 5.15. The third-order valence-electron chi connectivity index (χ3n) is 3.46. The topological polar surface area (TPSA) is 49.4 Å². The first-order valence-corrected chi connectivity index (χ1v) is 8.95. The molecule has 2 amide bonds. The van der Waals surface area contributed by atoms with Crippen molar-refractivity contribution in [3.63, 3.8) is 0 Å². The average Bonchev–Trinajstić information content (AvgIpc) is 2.75. The summed E-state index contributed by atoms with van der Waals surface area (Å²) >= 11 is 12.8. The Hall–Kier alpha value is -1.63. The number of nitrogens with zero attached hydrogens (tertiary/aromatic N) is 1. The minimum absolute atomic E-state index is 0.0943. The molecule has 0 saturated carbocycles. The highest BCUT2D eigenvalue weighted by Gasteiger charge is 2.37. The van der Waals surface area contributed by atoms with Crippen LogP contribution in [0.3, 0.4) is 0 Å². The molecule has 3 rings (SSSR count). The van der Waals surface area contributed by atoms with Gasteiger partial charge in [0.2, 0.25) is 0 Å². The van der Waals surface area contributed by atoms with E-state index in [2.05, 4.69) is 37.2 Å². The molecule has 0 unspecified atom stereocenters. The van der Waals surface area contributed by atoms with Gasteiger partial charge in [0.1, 0.15) is 10.7 Å². The summed E-state index contributed by atoms with van der Waals surface area (Å²) in [4.78, 5) is 26.0. The maximum atomic E-state index is 12.6. The highest BCUT2D eigenvalue weighted by Crippen LogP contribution is 2.28. The van der Waals surface area contributed by atoms with E-state index in [-0.39, 0.29) is 17.3 Å². The molecule has 0 fully saturated rings. The van der Waals surface area contributed by atoms with E-state index in [4.69, 9.17) is 11.6 Å². The predicted octanol–water partition coefficient (Wildman–Crippen LogP) is 4.64. The van der Waals surface area contributed by atoms with Crippen LogP contribution in [0.25, 0.3) is 0 Å². The predicted molar refractivity (Wildman–Crippen MR) is 100 cm³/mol. The second-order valence-corrected chi connectivity index (χ2v) is 7.36. The molecule has 1 N–H and O–H groups in total. The van der Waals surface area contributed by atoms with E-state index in [1.807, 2.05) is 36.4 Å². The summed E-state index contributed by atoms with van der Waals surface area (Å²) in [5.74, 6) is -0.935. The molecule has 0 aliphatic carbocycles. The quantitative estimate of drug-likeness (QED) is 0.663. The Labute approximate surface area is 160 Å². The number of imide groups is 1. The summed E-state index contributed by atoms with van der Waals surface area (Å²) in [6.07, 6.45) is 0. The van der Waals surface area contributed by atoms with Gasteiger partial charge in [-0.2, -0.15) is 0 Å². The van der Waals surface area contributed by atoms with Crippen LogP contribution in [0.4, 0.5) is 5.69 Å². The first kappa shape index (κ1) is 17.2. The zero-order chi connectivity index (χ0) is 17.3. The van der Waals surface area contributed by atoms with E-state index < -0.39 is 11.8 Å². The standard InChI is InChI=1S/C17H11Br2ClN2O2/c18-11-6-4-10(5-7-11)9-22-16(23)14(20)15(17(22)24)21-13-3-1-2-12(19)8-13/h1-8,21H,9H2. The lowest BCUT2D eigenvalue weighted by Crippen LogP contribution is -2.31. The first-order chi connectivity index (χ1) is 11.5. The molecule has 1 heterocycles. The van der Waals surface area contributed by atoms with Crippen LogP contribution in [0.5, 0.6) is 0 Å². The zero-order valence-electron chi connectivity index (χ0n) is 12.2. The highest BCUT2D eigenvalue weighted by molar-refractivity contribution is 9.10. The molecule has 122 valence electrons. The summed E-state index contributed by atoms with van der Waals surface area (Å²) in [6.45, 7) is 0.171. The van der Waals surface area contributed by atoms with Gasteiger partial charge in [-0.1, -0.05) is 61.7 Å². The average molecular weight is 471 g/mol. The fourth-order valence-electron chi connectivity index (χ4n) is 2.28. The normalized spacial score (nSPS) is 14.5. The van der Waals surface area contributed by atoms with Gasteiger partial charge < -0.3 is 5.32 Å². The van der Waals surface area contributed by atoms with Crippen LogP contribution in [0.15, 0.2) is 68.2 Å². The van der Waals surface area contributed by atoms with Crippen LogP contribution >= 0.6 is 43.5 Å². The molecule has 2 aromatic rings. The molecule has 0 radical (unpaired) electrons. The molecule has 0 aromatic heterocycles. The fraction of sp³-hybridized carbons (Fsp3) is 0.0588. The van der Waals surface area contributed by atoms with Crippen molar-refractivity contribution in [3.8, 4) is 0 Å². The van der Waals surface area contributed by atoms with Crippen LogP contribution in [-0.4, -0.2) is 16.7 Å². The number of halogens is 3. The van der Waals surface area contributed by atoms with Crippen molar-refractivity contribution < 1.29 is 9.59 Å². The number of benzene rings is 2. The van der Waals surface area contributed by atoms with E-state index in [1.54, 1.807) is 12.1 Å². The Morgan fingerprint density at radius 1 is 0.958 bits per heavy atom. The summed E-state index contributed by atoms with van der Waals surface area (Å²) in [5, 5.41) is 2.83. The van der Waals surface area contributed by atoms with E-state index in [1.165, 1.54) is 0 Å². The Kier molecular flexibility index (Phi) is 5.08. The Balaban J connectivity index is 1.80. The molecule has 1 aliphatic heterocycles. The van der Waals surface area contributed by atoms with Gasteiger partial charge in [-0.05, 0) is 35.9 Å². The van der Waals surface area contributed by atoms with Gasteiger partial charge in [0.15, 0.2) is 0 Å². The smallest absolute Gasteiger partial charge is 0.279 e. The molecular weight excluding hydrogens is 459 g/mol. The number of anilines is 1. The van der Waals surface area contributed by atoms with Crippen LogP contribution in [0.2, 0.25) is 0 Å². The molecule has 0 atom stereocenters. The van der Waals surface area contributed by atoms with E-state index in [0.717, 1.165) is 19.4 Å². The van der Waals surface area contributed by atoms with Gasteiger partial charge in [0.25, 0.3) is 11.8 Å². The second kappa shape index (κ2) is 7.09. The van der Waals surface area contributed by atoms with Crippen LogP contribution in [0, 0.1) is 0 Å². The highest BCUT2D eigenvalue weighted by atomic mass is 79.9. The van der Waals surface area contributed by atoms with E-state index in [9.17, 15) is 9.59 Å². The lowest BCUT2D eigenvalue weighted by Gasteiger charge is -2.15. The van der Waals surface area contributed by atoms with Crippen molar-refractivity contribution in [2.24, 2.45) is 0 Å². The van der Waals surface area contributed by atoms with Gasteiger partial charge in [0, 0.05) is 14.6 Å². The van der Waals surface area contributed by atoms with Crippen LogP contribution < -0.4 is 5.32 Å². The Morgan fingerprint density at radius 2 is 1.67 bits per heavy atom. The third-order valence-corrected chi connectivity index (χ3v) is 4.83. The van der Waals surface area contributed by atoms with Crippen molar-refractivity contribution in [1.29, 1.82) is 0 Å². The van der Waals surface area contributed by atoms with Crippen molar-refractivity contribution >= 4 is 61.0 Å². The van der Waals surface area contributed by atoms with Crippen molar-refractivity contribution in [2.75, 3.05) is 5.32 Å². The largest absolute Gasteiger partial charge is 0.350 e. The number of rotatable bonds is 4. The van der Waals surface area contributed by atoms with Crippen LogP contribution in [0.1, 0.15) is 5.56 Å². The molecule has 0 saturated heterocycles. The molecule has 7 heteroatoms. The summed E-state index contributed by atoms with van der Waals surface area (Å²) in [5.41, 5.74) is 1.61.